The van der Waals surface area contributed by atoms with Crippen LogP contribution in [0.2, 0.25) is 5.02 Å². The lowest BCUT2D eigenvalue weighted by Gasteiger charge is -2.05. The maximum Gasteiger partial charge on any atom is 0.255 e. The van der Waals surface area contributed by atoms with Crippen molar-refractivity contribution in [2.24, 2.45) is 0 Å². The van der Waals surface area contributed by atoms with E-state index in [1.54, 1.807) is 24.3 Å². The average Bonchev–Trinajstić information content (AvgIpc) is 2.81. The van der Waals surface area contributed by atoms with Crippen LogP contribution in [-0.2, 0) is 0 Å². The first-order valence-corrected chi connectivity index (χ1v) is 5.52. The van der Waals surface area contributed by atoms with Gasteiger partial charge in [-0.25, -0.2) is 4.68 Å². The zero-order valence-electron chi connectivity index (χ0n) is 9.51. The first-order valence-electron chi connectivity index (χ1n) is 5.14. The van der Waals surface area contributed by atoms with Gasteiger partial charge in [-0.05, 0) is 12.1 Å². The summed E-state index contributed by atoms with van der Waals surface area (Å²) in [5.41, 5.74) is 0.938. The second-order valence-corrected chi connectivity index (χ2v) is 3.87. The summed E-state index contributed by atoms with van der Waals surface area (Å²) < 4.78 is 1.35. The highest BCUT2D eigenvalue weighted by Crippen LogP contribution is 2.21. The number of rotatable bonds is 2. The molecule has 1 aromatic heterocycles. The summed E-state index contributed by atoms with van der Waals surface area (Å²) >= 11 is 6.04. The zero-order chi connectivity index (χ0) is 13.1. The molecule has 18 heavy (non-hydrogen) atoms. The van der Waals surface area contributed by atoms with Gasteiger partial charge < -0.3 is 5.32 Å². The van der Waals surface area contributed by atoms with Gasteiger partial charge in [0.2, 0.25) is 0 Å². The van der Waals surface area contributed by atoms with Crippen LogP contribution in [0.4, 0.5) is 0 Å². The summed E-state index contributed by atoms with van der Waals surface area (Å²) in [7, 11) is 1.50. The van der Waals surface area contributed by atoms with Crippen LogP contribution in [0.25, 0.3) is 5.69 Å². The van der Waals surface area contributed by atoms with Crippen LogP contribution in [0.3, 0.4) is 0 Å². The second kappa shape index (κ2) is 4.90. The molecule has 0 radical (unpaired) electrons. The molecule has 90 valence electrons. The Morgan fingerprint density at radius 3 is 2.83 bits per heavy atom. The number of aromatic nitrogens is 2. The molecule has 0 aliphatic carbocycles. The molecular weight excluding hydrogens is 252 g/mol. The van der Waals surface area contributed by atoms with E-state index >= 15 is 0 Å². The molecule has 1 amide bonds. The third kappa shape index (κ3) is 1.94. The molecule has 1 N–H and O–H groups in total. The maximum atomic E-state index is 11.6. The SMILES string of the molecule is CNC(=O)c1cnn(-c2ccccc2Cl)c1C#N. The van der Waals surface area contributed by atoms with Crippen LogP contribution in [0.1, 0.15) is 16.1 Å². The number of carbonyl (C=O) groups is 1. The topological polar surface area (TPSA) is 70.7 Å². The highest BCUT2D eigenvalue weighted by molar-refractivity contribution is 6.32. The number of halogens is 1. The lowest BCUT2D eigenvalue weighted by atomic mass is 10.2. The molecule has 0 unspecified atom stereocenters. The molecule has 0 fully saturated rings. The van der Waals surface area contributed by atoms with Crippen LogP contribution in [0.5, 0.6) is 0 Å². The van der Waals surface area contributed by atoms with Gasteiger partial charge in [0, 0.05) is 7.05 Å². The van der Waals surface area contributed by atoms with Crippen LogP contribution in [0, 0.1) is 11.3 Å². The molecular formula is C12H9ClN4O. The van der Waals surface area contributed by atoms with Crippen molar-refractivity contribution in [3.05, 3.63) is 46.7 Å². The molecule has 0 aliphatic rings. The van der Waals surface area contributed by atoms with Crippen molar-refractivity contribution in [2.75, 3.05) is 7.05 Å². The van der Waals surface area contributed by atoms with E-state index in [4.69, 9.17) is 16.9 Å². The fourth-order valence-corrected chi connectivity index (χ4v) is 1.78. The van der Waals surface area contributed by atoms with E-state index in [-0.39, 0.29) is 17.2 Å². The summed E-state index contributed by atoms with van der Waals surface area (Å²) in [6, 6.07) is 8.95. The van der Waals surface area contributed by atoms with Gasteiger partial charge in [-0.15, -0.1) is 0 Å². The summed E-state index contributed by atoms with van der Waals surface area (Å²) in [5, 5.41) is 16.1. The number of nitrogens with zero attached hydrogens (tertiary/aromatic N) is 3. The number of amides is 1. The molecule has 0 saturated heterocycles. The smallest absolute Gasteiger partial charge is 0.255 e. The standard InChI is InChI=1S/C12H9ClN4O/c1-15-12(18)8-7-16-17(11(8)6-14)10-5-3-2-4-9(10)13/h2-5,7H,1H3,(H,15,18). The van der Waals surface area contributed by atoms with E-state index in [0.717, 1.165) is 0 Å². The van der Waals surface area contributed by atoms with Crippen molar-refractivity contribution in [1.29, 1.82) is 5.26 Å². The fourth-order valence-electron chi connectivity index (χ4n) is 1.56. The quantitative estimate of drug-likeness (QED) is 0.894. The molecule has 1 aromatic carbocycles. The van der Waals surface area contributed by atoms with Gasteiger partial charge >= 0.3 is 0 Å². The minimum absolute atomic E-state index is 0.155. The Morgan fingerprint density at radius 2 is 2.22 bits per heavy atom. The first-order chi connectivity index (χ1) is 8.69. The molecule has 0 saturated carbocycles. The van der Waals surface area contributed by atoms with Gasteiger partial charge in [0.1, 0.15) is 6.07 Å². The Hall–Kier alpha value is -2.32. The van der Waals surface area contributed by atoms with Crippen LogP contribution in [0.15, 0.2) is 30.5 Å². The van der Waals surface area contributed by atoms with E-state index in [1.165, 1.54) is 17.9 Å². The fraction of sp³-hybridized carbons (Fsp3) is 0.0833. The Balaban J connectivity index is 2.61. The summed E-state index contributed by atoms with van der Waals surface area (Å²) in [6.45, 7) is 0. The van der Waals surface area contributed by atoms with Crippen molar-refractivity contribution in [3.63, 3.8) is 0 Å². The van der Waals surface area contributed by atoms with E-state index in [2.05, 4.69) is 10.4 Å². The van der Waals surface area contributed by atoms with Gasteiger partial charge in [0.15, 0.2) is 5.69 Å². The number of nitrogens with one attached hydrogen (secondary N) is 1. The van der Waals surface area contributed by atoms with Crippen molar-refractivity contribution >= 4 is 17.5 Å². The minimum atomic E-state index is -0.357. The highest BCUT2D eigenvalue weighted by Gasteiger charge is 2.18. The Labute approximate surface area is 109 Å². The van der Waals surface area contributed by atoms with Crippen molar-refractivity contribution < 1.29 is 4.79 Å². The van der Waals surface area contributed by atoms with E-state index in [0.29, 0.717) is 10.7 Å². The van der Waals surface area contributed by atoms with Crippen LogP contribution in [-0.4, -0.2) is 22.7 Å². The van der Waals surface area contributed by atoms with Crippen LogP contribution >= 0.6 is 11.6 Å². The number of benzene rings is 1. The zero-order valence-corrected chi connectivity index (χ0v) is 10.3. The largest absolute Gasteiger partial charge is 0.355 e. The lowest BCUT2D eigenvalue weighted by molar-refractivity contribution is 0.0963. The molecule has 2 rings (SSSR count). The second-order valence-electron chi connectivity index (χ2n) is 3.46. The van der Waals surface area contributed by atoms with Gasteiger partial charge in [0.05, 0.1) is 22.5 Å². The molecule has 6 heteroatoms. The Kier molecular flexibility index (Phi) is 3.31. The molecule has 0 aliphatic heterocycles. The summed E-state index contributed by atoms with van der Waals surface area (Å²) in [4.78, 5) is 11.6. The monoisotopic (exact) mass is 260 g/mol. The summed E-state index contributed by atoms with van der Waals surface area (Å²) in [5.74, 6) is -0.357. The first kappa shape index (κ1) is 12.1. The molecule has 2 aromatic rings. The third-order valence-corrected chi connectivity index (χ3v) is 2.75. The number of hydrogen-bond acceptors (Lipinski definition) is 3. The number of hydrogen-bond donors (Lipinski definition) is 1. The maximum absolute atomic E-state index is 11.6. The highest BCUT2D eigenvalue weighted by atomic mass is 35.5. The minimum Gasteiger partial charge on any atom is -0.355 e. The number of para-hydroxylation sites is 1. The van der Waals surface area contributed by atoms with Gasteiger partial charge in [-0.3, -0.25) is 4.79 Å². The third-order valence-electron chi connectivity index (χ3n) is 2.43. The number of nitriles is 1. The Morgan fingerprint density at radius 1 is 1.50 bits per heavy atom. The Bertz CT molecular complexity index is 642. The molecule has 5 nitrogen and oxygen atoms in total. The number of carbonyl (C=O) groups excluding carboxylic acids is 1. The van der Waals surface area contributed by atoms with Gasteiger partial charge in [0.25, 0.3) is 5.91 Å². The predicted molar refractivity (Wildman–Crippen MR) is 66.7 cm³/mol. The molecule has 0 spiro atoms. The van der Waals surface area contributed by atoms with E-state index in [1.807, 2.05) is 6.07 Å². The summed E-state index contributed by atoms with van der Waals surface area (Å²) in [6.07, 6.45) is 1.35. The van der Waals surface area contributed by atoms with Crippen molar-refractivity contribution in [2.45, 2.75) is 0 Å². The van der Waals surface area contributed by atoms with Gasteiger partial charge in [-0.2, -0.15) is 10.4 Å². The van der Waals surface area contributed by atoms with Gasteiger partial charge in [-0.1, -0.05) is 23.7 Å². The van der Waals surface area contributed by atoms with E-state index in [9.17, 15) is 4.79 Å². The molecule has 1 heterocycles. The van der Waals surface area contributed by atoms with Crippen molar-refractivity contribution in [3.8, 4) is 11.8 Å². The molecule has 0 bridgehead atoms. The van der Waals surface area contributed by atoms with E-state index < -0.39 is 0 Å². The molecule has 0 atom stereocenters. The van der Waals surface area contributed by atoms with Crippen LogP contribution < -0.4 is 5.32 Å². The average molecular weight is 261 g/mol. The lowest BCUT2D eigenvalue weighted by Crippen LogP contribution is -2.18. The predicted octanol–water partition coefficient (Wildman–Crippen LogP) is 1.76. The van der Waals surface area contributed by atoms with Crippen molar-refractivity contribution in [1.82, 2.24) is 15.1 Å². The normalized spacial score (nSPS) is 9.83.